The highest BCUT2D eigenvalue weighted by molar-refractivity contribution is 6.01. The number of hydrogen-bond donors (Lipinski definition) is 2. The zero-order valence-electron chi connectivity index (χ0n) is 15.7. The van der Waals surface area contributed by atoms with E-state index in [0.29, 0.717) is 12.8 Å². The van der Waals surface area contributed by atoms with E-state index < -0.39 is 23.1 Å². The summed E-state index contributed by atoms with van der Waals surface area (Å²) in [5, 5.41) is 22.4. The van der Waals surface area contributed by atoms with Gasteiger partial charge in [-0.2, -0.15) is 0 Å². The number of methoxy groups -OCH3 is 1. The minimum atomic E-state index is -1.53. The van der Waals surface area contributed by atoms with Gasteiger partial charge in [0, 0.05) is 16.7 Å². The lowest BCUT2D eigenvalue weighted by molar-refractivity contribution is -0.194. The maximum Gasteiger partial charge on any atom is 0.338 e. The molecule has 5 nitrogen and oxygen atoms in total. The van der Waals surface area contributed by atoms with Crippen LogP contribution >= 0.6 is 0 Å². The summed E-state index contributed by atoms with van der Waals surface area (Å²) in [5.74, 6) is -0.192. The van der Waals surface area contributed by atoms with Crippen molar-refractivity contribution < 1.29 is 24.5 Å². The van der Waals surface area contributed by atoms with E-state index in [9.17, 15) is 19.8 Å². The number of ketones is 1. The lowest BCUT2D eigenvalue weighted by Crippen LogP contribution is -2.61. The Morgan fingerprint density at radius 1 is 1.31 bits per heavy atom. The van der Waals surface area contributed by atoms with E-state index >= 15 is 0 Å². The average molecular weight is 360 g/mol. The Morgan fingerprint density at radius 2 is 2.04 bits per heavy atom. The van der Waals surface area contributed by atoms with Crippen molar-refractivity contribution in [1.82, 2.24) is 0 Å². The third-order valence-electron chi connectivity index (χ3n) is 8.17. The Labute approximate surface area is 154 Å². The summed E-state index contributed by atoms with van der Waals surface area (Å²) in [6, 6.07) is 0. The van der Waals surface area contributed by atoms with Crippen molar-refractivity contribution >= 4 is 11.8 Å². The molecule has 3 unspecified atom stereocenters. The van der Waals surface area contributed by atoms with E-state index in [-0.39, 0.29) is 29.0 Å². The van der Waals surface area contributed by atoms with Crippen LogP contribution < -0.4 is 0 Å². The first kappa shape index (κ1) is 17.9. The van der Waals surface area contributed by atoms with E-state index in [4.69, 9.17) is 4.74 Å². The summed E-state index contributed by atoms with van der Waals surface area (Å²) in [4.78, 5) is 24.2. The Morgan fingerprint density at radius 3 is 2.73 bits per heavy atom. The van der Waals surface area contributed by atoms with Gasteiger partial charge in [0.2, 0.25) is 0 Å². The first-order valence-corrected chi connectivity index (χ1v) is 9.60. The number of carbonyl (C=O) groups excluding carboxylic acids is 2. The van der Waals surface area contributed by atoms with Crippen LogP contribution in [0.25, 0.3) is 0 Å². The molecule has 3 fully saturated rings. The number of hydrogen-bond acceptors (Lipinski definition) is 5. The lowest BCUT2D eigenvalue weighted by atomic mass is 9.46. The van der Waals surface area contributed by atoms with Crippen LogP contribution in [-0.4, -0.2) is 40.8 Å². The molecule has 0 amide bonds. The predicted molar refractivity (Wildman–Crippen MR) is 95.0 cm³/mol. The molecule has 4 aliphatic carbocycles. The van der Waals surface area contributed by atoms with Crippen LogP contribution in [0, 0.1) is 28.6 Å². The Balaban J connectivity index is 1.75. The van der Waals surface area contributed by atoms with Crippen molar-refractivity contribution in [2.75, 3.05) is 7.11 Å². The summed E-state index contributed by atoms with van der Waals surface area (Å²) in [6.07, 6.45) is 7.89. The summed E-state index contributed by atoms with van der Waals surface area (Å²) in [5.41, 5.74) is -1.45. The largest absolute Gasteiger partial charge is 0.467 e. The number of ether oxygens (including phenoxy) is 1. The molecule has 0 radical (unpaired) electrons. The number of esters is 1. The SMILES string of the molecule is COC(=O)[C@@]1(O)CCC2C3CCC4=CC(=O)C=C[C@]4(C)C3[C@@H](O)C[C@@]21C. The number of aliphatic hydroxyl groups is 2. The number of allylic oxidation sites excluding steroid dienone is 4. The zero-order valence-corrected chi connectivity index (χ0v) is 15.7. The van der Waals surface area contributed by atoms with E-state index in [1.165, 1.54) is 7.11 Å². The van der Waals surface area contributed by atoms with Gasteiger partial charge in [0.15, 0.2) is 11.4 Å². The van der Waals surface area contributed by atoms with Gasteiger partial charge >= 0.3 is 5.97 Å². The van der Waals surface area contributed by atoms with Crippen molar-refractivity contribution in [3.63, 3.8) is 0 Å². The average Bonchev–Trinajstić information content (AvgIpc) is 2.86. The summed E-state index contributed by atoms with van der Waals surface area (Å²) < 4.78 is 4.91. The smallest absolute Gasteiger partial charge is 0.338 e. The second kappa shape index (κ2) is 5.52. The zero-order chi connectivity index (χ0) is 18.9. The molecule has 7 atom stereocenters. The Bertz CT molecular complexity index is 724. The molecule has 4 aliphatic rings. The van der Waals surface area contributed by atoms with Crippen LogP contribution in [0.1, 0.15) is 46.0 Å². The highest BCUT2D eigenvalue weighted by atomic mass is 16.5. The molecule has 0 aromatic heterocycles. The third-order valence-corrected chi connectivity index (χ3v) is 8.17. The standard InChI is InChI=1S/C21H28O5/c1-19-8-6-13(22)10-12(19)4-5-14-15-7-9-21(25,18(24)26-3)20(15,2)11-16(23)17(14)19/h6,8,10,14-17,23,25H,4-5,7,9,11H2,1-3H3/t14?,15?,16-,17?,19-,20-,21-/m0/s1. The maximum atomic E-state index is 12.4. The second-order valence-corrected chi connectivity index (χ2v) is 9.10. The molecule has 0 aliphatic heterocycles. The van der Waals surface area contributed by atoms with Crippen molar-refractivity contribution in [2.24, 2.45) is 28.6 Å². The second-order valence-electron chi connectivity index (χ2n) is 9.10. The molecule has 2 N–H and O–H groups in total. The van der Waals surface area contributed by atoms with Crippen molar-refractivity contribution in [3.8, 4) is 0 Å². The first-order chi connectivity index (χ1) is 12.2. The quantitative estimate of drug-likeness (QED) is 0.700. The van der Waals surface area contributed by atoms with Crippen LogP contribution in [0.5, 0.6) is 0 Å². The summed E-state index contributed by atoms with van der Waals surface area (Å²) in [7, 11) is 1.31. The van der Waals surface area contributed by atoms with Gasteiger partial charge in [0.1, 0.15) is 0 Å². The molecule has 0 heterocycles. The van der Waals surface area contributed by atoms with Gasteiger partial charge in [-0.05, 0) is 56.1 Å². The van der Waals surface area contributed by atoms with E-state index in [1.807, 2.05) is 13.0 Å². The molecule has 0 bridgehead atoms. The minimum Gasteiger partial charge on any atom is -0.467 e. The van der Waals surface area contributed by atoms with Gasteiger partial charge in [0.25, 0.3) is 0 Å². The fourth-order valence-electron chi connectivity index (χ4n) is 6.83. The molecule has 0 aromatic carbocycles. The molecule has 4 rings (SSSR count). The van der Waals surface area contributed by atoms with Crippen molar-refractivity contribution in [1.29, 1.82) is 0 Å². The fourth-order valence-corrected chi connectivity index (χ4v) is 6.83. The van der Waals surface area contributed by atoms with Crippen molar-refractivity contribution in [3.05, 3.63) is 23.8 Å². The molecule has 5 heteroatoms. The van der Waals surface area contributed by atoms with Crippen LogP contribution in [0.4, 0.5) is 0 Å². The monoisotopic (exact) mass is 360 g/mol. The first-order valence-electron chi connectivity index (χ1n) is 9.60. The fraction of sp³-hybridized carbons (Fsp3) is 0.714. The molecule has 26 heavy (non-hydrogen) atoms. The Kier molecular flexibility index (Phi) is 3.81. The van der Waals surface area contributed by atoms with Crippen LogP contribution in [0.15, 0.2) is 23.8 Å². The highest BCUT2D eigenvalue weighted by Crippen LogP contribution is 2.67. The molecule has 3 saturated carbocycles. The van der Waals surface area contributed by atoms with E-state index in [1.54, 1.807) is 12.2 Å². The van der Waals surface area contributed by atoms with Crippen molar-refractivity contribution in [2.45, 2.75) is 57.7 Å². The minimum absolute atomic E-state index is 0.00456. The van der Waals surface area contributed by atoms with Gasteiger partial charge < -0.3 is 14.9 Å². The van der Waals surface area contributed by atoms with Gasteiger partial charge in [-0.25, -0.2) is 4.79 Å². The molecular weight excluding hydrogens is 332 g/mol. The molecule has 142 valence electrons. The normalized spacial score (nSPS) is 49.7. The van der Waals surface area contributed by atoms with Crippen LogP contribution in [0.3, 0.4) is 0 Å². The molecular formula is C21H28O5. The number of carbonyl (C=O) groups is 2. The summed E-state index contributed by atoms with van der Waals surface area (Å²) >= 11 is 0. The highest BCUT2D eigenvalue weighted by Gasteiger charge is 2.68. The number of fused-ring (bicyclic) bond motifs is 5. The van der Waals surface area contributed by atoms with E-state index in [0.717, 1.165) is 24.8 Å². The predicted octanol–water partition coefficient (Wildman–Crippen LogP) is 2.17. The summed E-state index contributed by atoms with van der Waals surface area (Å²) in [6.45, 7) is 4.06. The van der Waals surface area contributed by atoms with Gasteiger partial charge in [-0.3, -0.25) is 4.79 Å². The van der Waals surface area contributed by atoms with Crippen LogP contribution in [0.2, 0.25) is 0 Å². The van der Waals surface area contributed by atoms with Crippen LogP contribution in [-0.2, 0) is 14.3 Å². The molecule has 0 spiro atoms. The van der Waals surface area contributed by atoms with E-state index in [2.05, 4.69) is 6.92 Å². The maximum absolute atomic E-state index is 12.4. The van der Waals surface area contributed by atoms with Gasteiger partial charge in [-0.15, -0.1) is 0 Å². The topological polar surface area (TPSA) is 83.8 Å². The van der Waals surface area contributed by atoms with Gasteiger partial charge in [0.05, 0.1) is 13.2 Å². The Hall–Kier alpha value is -1.46. The lowest BCUT2D eigenvalue weighted by Gasteiger charge is -2.59. The number of rotatable bonds is 1. The molecule has 0 saturated heterocycles. The third kappa shape index (κ3) is 2.04. The molecule has 0 aromatic rings. The number of aliphatic hydroxyl groups excluding tert-OH is 1. The van der Waals surface area contributed by atoms with Gasteiger partial charge in [-0.1, -0.05) is 25.5 Å².